The monoisotopic (exact) mass is 226 g/mol. The molecule has 0 saturated carbocycles. The lowest BCUT2D eigenvalue weighted by atomic mass is 9.93. The largest absolute Gasteiger partial charge is 0.459 e. The fourth-order valence-electron chi connectivity index (χ4n) is 1.45. The van der Waals surface area contributed by atoms with E-state index in [1.807, 2.05) is 26.8 Å². The Balaban J connectivity index is 2.71. The van der Waals surface area contributed by atoms with Crippen molar-refractivity contribution in [1.82, 2.24) is 0 Å². The summed E-state index contributed by atoms with van der Waals surface area (Å²) < 4.78 is 18.7. The molecule has 0 atom stereocenters. The highest BCUT2D eigenvalue weighted by molar-refractivity contribution is 6.34. The molecule has 0 amide bonds. The standard InChI is InChI=1S/C12H12ClFO/c1-12(2,3)10-5-7-4-8(14)6-9(13)11(7)15-10/h4-6H,1-3H3. The maximum Gasteiger partial charge on any atom is 0.153 e. The quantitative estimate of drug-likeness (QED) is 0.644. The zero-order valence-corrected chi connectivity index (χ0v) is 9.65. The summed E-state index contributed by atoms with van der Waals surface area (Å²) >= 11 is 5.89. The van der Waals surface area contributed by atoms with Crippen LogP contribution in [0.5, 0.6) is 0 Å². The summed E-state index contributed by atoms with van der Waals surface area (Å²) in [5.74, 6) is 0.471. The molecule has 0 spiro atoms. The van der Waals surface area contributed by atoms with E-state index >= 15 is 0 Å². The van der Waals surface area contributed by atoms with Crippen molar-refractivity contribution in [3.05, 3.63) is 34.8 Å². The lowest BCUT2D eigenvalue weighted by Crippen LogP contribution is -2.08. The second-order valence-electron chi connectivity index (χ2n) is 4.67. The zero-order valence-electron chi connectivity index (χ0n) is 8.90. The first-order valence-corrected chi connectivity index (χ1v) is 5.15. The van der Waals surface area contributed by atoms with Gasteiger partial charge in [0.05, 0.1) is 5.02 Å². The molecule has 0 radical (unpaired) electrons. The van der Waals surface area contributed by atoms with Crippen molar-refractivity contribution in [2.75, 3.05) is 0 Å². The van der Waals surface area contributed by atoms with Gasteiger partial charge < -0.3 is 4.42 Å². The average molecular weight is 227 g/mol. The van der Waals surface area contributed by atoms with Crippen molar-refractivity contribution in [2.24, 2.45) is 0 Å². The summed E-state index contributed by atoms with van der Waals surface area (Å²) in [6, 6.07) is 4.53. The van der Waals surface area contributed by atoms with E-state index in [-0.39, 0.29) is 11.2 Å². The van der Waals surface area contributed by atoms with E-state index in [4.69, 9.17) is 16.0 Å². The summed E-state index contributed by atoms with van der Waals surface area (Å²) in [7, 11) is 0. The van der Waals surface area contributed by atoms with Crippen molar-refractivity contribution >= 4 is 22.6 Å². The van der Waals surface area contributed by atoms with Gasteiger partial charge >= 0.3 is 0 Å². The van der Waals surface area contributed by atoms with Gasteiger partial charge in [-0.3, -0.25) is 0 Å². The predicted molar refractivity (Wildman–Crippen MR) is 59.9 cm³/mol. The number of rotatable bonds is 0. The summed E-state index contributed by atoms with van der Waals surface area (Å²) in [4.78, 5) is 0. The van der Waals surface area contributed by atoms with Gasteiger partial charge in [0.1, 0.15) is 11.6 Å². The molecule has 80 valence electrons. The number of fused-ring (bicyclic) bond motifs is 1. The molecule has 0 aliphatic rings. The summed E-state index contributed by atoms with van der Waals surface area (Å²) in [5.41, 5.74) is 0.460. The van der Waals surface area contributed by atoms with E-state index in [9.17, 15) is 4.39 Å². The van der Waals surface area contributed by atoms with Gasteiger partial charge in [0.15, 0.2) is 5.58 Å². The molecule has 3 heteroatoms. The number of benzene rings is 1. The highest BCUT2D eigenvalue weighted by atomic mass is 35.5. The summed E-state index contributed by atoms with van der Waals surface area (Å²) in [5, 5.41) is 1.03. The van der Waals surface area contributed by atoms with Gasteiger partial charge in [-0.15, -0.1) is 0 Å². The third-order valence-electron chi connectivity index (χ3n) is 2.27. The second kappa shape index (κ2) is 3.24. The second-order valence-corrected chi connectivity index (χ2v) is 5.07. The van der Waals surface area contributed by atoms with Crippen LogP contribution in [0.15, 0.2) is 22.6 Å². The topological polar surface area (TPSA) is 13.1 Å². The molecule has 2 rings (SSSR count). The first-order valence-electron chi connectivity index (χ1n) is 4.77. The maximum atomic E-state index is 13.1. The van der Waals surface area contributed by atoms with Crippen molar-refractivity contribution < 1.29 is 8.81 Å². The van der Waals surface area contributed by atoms with Gasteiger partial charge in [-0.2, -0.15) is 0 Å². The first kappa shape index (κ1) is 10.5. The molecule has 1 nitrogen and oxygen atoms in total. The molecular weight excluding hydrogens is 215 g/mol. The first-order chi connectivity index (χ1) is 6.88. The Morgan fingerprint density at radius 3 is 2.47 bits per heavy atom. The van der Waals surface area contributed by atoms with E-state index in [1.165, 1.54) is 12.1 Å². The zero-order chi connectivity index (χ0) is 11.2. The molecule has 0 fully saturated rings. The molecular formula is C12H12ClFO. The Morgan fingerprint density at radius 2 is 1.87 bits per heavy atom. The Morgan fingerprint density at radius 1 is 1.20 bits per heavy atom. The van der Waals surface area contributed by atoms with Crippen LogP contribution in [0, 0.1) is 5.82 Å². The Kier molecular flexibility index (Phi) is 2.27. The van der Waals surface area contributed by atoms with E-state index < -0.39 is 0 Å². The van der Waals surface area contributed by atoms with Gasteiger partial charge in [-0.1, -0.05) is 32.4 Å². The minimum atomic E-state index is -0.339. The molecule has 1 aromatic heterocycles. The molecule has 0 bridgehead atoms. The molecule has 0 aliphatic carbocycles. The lowest BCUT2D eigenvalue weighted by molar-refractivity contribution is 0.430. The van der Waals surface area contributed by atoms with Gasteiger partial charge in [0.2, 0.25) is 0 Å². The summed E-state index contributed by atoms with van der Waals surface area (Å²) in [6.07, 6.45) is 0. The normalized spacial score (nSPS) is 12.3. The van der Waals surface area contributed by atoms with Crippen LogP contribution in [0.3, 0.4) is 0 Å². The summed E-state index contributed by atoms with van der Waals surface area (Å²) in [6.45, 7) is 6.11. The fourth-order valence-corrected chi connectivity index (χ4v) is 1.70. The van der Waals surface area contributed by atoms with Crippen LogP contribution < -0.4 is 0 Å². The highest BCUT2D eigenvalue weighted by Gasteiger charge is 2.20. The molecule has 0 aliphatic heterocycles. The molecule has 0 N–H and O–H groups in total. The molecule has 0 unspecified atom stereocenters. The predicted octanol–water partition coefficient (Wildman–Crippen LogP) is 4.52. The minimum Gasteiger partial charge on any atom is -0.459 e. The van der Waals surface area contributed by atoms with E-state index in [1.54, 1.807) is 0 Å². The Labute approximate surface area is 92.8 Å². The van der Waals surface area contributed by atoms with Crippen molar-refractivity contribution in [1.29, 1.82) is 0 Å². The van der Waals surface area contributed by atoms with Crippen LogP contribution >= 0.6 is 11.6 Å². The third kappa shape index (κ3) is 1.86. The van der Waals surface area contributed by atoms with E-state index in [0.29, 0.717) is 16.0 Å². The molecule has 2 aromatic rings. The SMILES string of the molecule is CC(C)(C)c1cc2cc(F)cc(Cl)c2o1. The van der Waals surface area contributed by atoms with Crippen molar-refractivity contribution in [3.63, 3.8) is 0 Å². The number of halogens is 2. The number of furan rings is 1. The van der Waals surface area contributed by atoms with Crippen LogP contribution in [0.25, 0.3) is 11.0 Å². The maximum absolute atomic E-state index is 13.1. The third-order valence-corrected chi connectivity index (χ3v) is 2.56. The van der Waals surface area contributed by atoms with Gasteiger partial charge in [0.25, 0.3) is 0 Å². The van der Waals surface area contributed by atoms with Gasteiger partial charge in [0, 0.05) is 10.8 Å². The van der Waals surface area contributed by atoms with Crippen LogP contribution in [0.4, 0.5) is 4.39 Å². The minimum absolute atomic E-state index is 0.0984. The molecule has 1 aromatic carbocycles. The fraction of sp³-hybridized carbons (Fsp3) is 0.333. The molecule has 0 saturated heterocycles. The smallest absolute Gasteiger partial charge is 0.153 e. The highest BCUT2D eigenvalue weighted by Crippen LogP contribution is 2.33. The van der Waals surface area contributed by atoms with Crippen molar-refractivity contribution in [2.45, 2.75) is 26.2 Å². The van der Waals surface area contributed by atoms with Crippen LogP contribution in [0.2, 0.25) is 5.02 Å². The number of hydrogen-bond donors (Lipinski definition) is 0. The van der Waals surface area contributed by atoms with Crippen LogP contribution in [-0.2, 0) is 5.41 Å². The average Bonchev–Trinajstić information content (AvgIpc) is 2.46. The lowest BCUT2D eigenvalue weighted by Gasteiger charge is -2.13. The van der Waals surface area contributed by atoms with Gasteiger partial charge in [-0.25, -0.2) is 4.39 Å². The van der Waals surface area contributed by atoms with Gasteiger partial charge in [-0.05, 0) is 18.2 Å². The number of hydrogen-bond acceptors (Lipinski definition) is 1. The molecule has 1 heterocycles. The van der Waals surface area contributed by atoms with E-state index in [2.05, 4.69) is 0 Å². The Bertz CT molecular complexity index is 508. The van der Waals surface area contributed by atoms with Crippen molar-refractivity contribution in [3.8, 4) is 0 Å². The van der Waals surface area contributed by atoms with E-state index in [0.717, 1.165) is 5.76 Å². The molecule has 15 heavy (non-hydrogen) atoms. The Hall–Kier alpha value is -1.02. The van der Waals surface area contributed by atoms with Crippen LogP contribution in [0.1, 0.15) is 26.5 Å². The van der Waals surface area contributed by atoms with Crippen LogP contribution in [-0.4, -0.2) is 0 Å².